The van der Waals surface area contributed by atoms with Crippen LogP contribution in [0.4, 0.5) is 5.69 Å². The van der Waals surface area contributed by atoms with Gasteiger partial charge >= 0.3 is 0 Å². The molecule has 6 heteroatoms. The number of carbonyl (C=O) groups is 1. The fourth-order valence-electron chi connectivity index (χ4n) is 4.37. The van der Waals surface area contributed by atoms with E-state index in [9.17, 15) is 9.90 Å². The van der Waals surface area contributed by atoms with E-state index >= 15 is 0 Å². The van der Waals surface area contributed by atoms with Crippen LogP contribution in [-0.2, 0) is 16.9 Å². The molecule has 0 saturated heterocycles. The lowest BCUT2D eigenvalue weighted by Crippen LogP contribution is -2.41. The zero-order valence-corrected chi connectivity index (χ0v) is 17.6. The Morgan fingerprint density at radius 3 is 2.47 bits per heavy atom. The standard InChI is InChI=1S/C24H18Cl2N2O2/c1-14-22(18-4-2-3-5-20(18)27-14)24(30)19-12-17(26)10-11-21(19)28(23(24)29)13-15-6-8-16(25)9-7-15/h2-12,27,30H,13H2,1H3/t24-/m0/s1. The number of hydrogen-bond donors (Lipinski definition) is 2. The summed E-state index contributed by atoms with van der Waals surface area (Å²) < 4.78 is 0. The number of anilines is 1. The number of nitrogens with zero attached hydrogens (tertiary/aromatic N) is 1. The highest BCUT2D eigenvalue weighted by Gasteiger charge is 2.53. The van der Waals surface area contributed by atoms with Gasteiger partial charge in [0.2, 0.25) is 0 Å². The van der Waals surface area contributed by atoms with Gasteiger partial charge in [-0.3, -0.25) is 4.79 Å². The molecule has 0 fully saturated rings. The molecule has 2 heterocycles. The average molecular weight is 437 g/mol. The van der Waals surface area contributed by atoms with Crippen molar-refractivity contribution in [2.75, 3.05) is 4.90 Å². The van der Waals surface area contributed by atoms with Crippen molar-refractivity contribution >= 4 is 45.7 Å². The molecule has 4 nitrogen and oxygen atoms in total. The van der Waals surface area contributed by atoms with Crippen molar-refractivity contribution in [2.24, 2.45) is 0 Å². The number of aliphatic hydroxyl groups is 1. The monoisotopic (exact) mass is 436 g/mol. The maximum absolute atomic E-state index is 13.8. The summed E-state index contributed by atoms with van der Waals surface area (Å²) in [5, 5.41) is 13.9. The van der Waals surface area contributed by atoms with Crippen molar-refractivity contribution in [1.29, 1.82) is 0 Å². The average Bonchev–Trinajstić information content (AvgIpc) is 3.17. The Morgan fingerprint density at radius 1 is 1.00 bits per heavy atom. The zero-order valence-electron chi connectivity index (χ0n) is 16.1. The molecule has 30 heavy (non-hydrogen) atoms. The van der Waals surface area contributed by atoms with Gasteiger partial charge in [0.15, 0.2) is 5.60 Å². The van der Waals surface area contributed by atoms with Gasteiger partial charge in [-0.05, 0) is 48.9 Å². The van der Waals surface area contributed by atoms with Crippen molar-refractivity contribution in [3.8, 4) is 0 Å². The number of aromatic nitrogens is 1. The van der Waals surface area contributed by atoms with Crippen molar-refractivity contribution in [3.63, 3.8) is 0 Å². The van der Waals surface area contributed by atoms with Gasteiger partial charge in [-0.15, -0.1) is 0 Å². The summed E-state index contributed by atoms with van der Waals surface area (Å²) in [6, 6.07) is 20.2. The summed E-state index contributed by atoms with van der Waals surface area (Å²) in [6.45, 7) is 2.18. The molecule has 0 spiro atoms. The number of hydrogen-bond acceptors (Lipinski definition) is 2. The van der Waals surface area contributed by atoms with E-state index in [0.29, 0.717) is 33.4 Å². The fraction of sp³-hybridized carbons (Fsp3) is 0.125. The van der Waals surface area contributed by atoms with E-state index in [4.69, 9.17) is 23.2 Å². The van der Waals surface area contributed by atoms with E-state index in [0.717, 1.165) is 22.2 Å². The van der Waals surface area contributed by atoms with Crippen molar-refractivity contribution in [2.45, 2.75) is 19.1 Å². The molecule has 1 amide bonds. The molecule has 1 aromatic heterocycles. The highest BCUT2D eigenvalue weighted by atomic mass is 35.5. The first-order chi connectivity index (χ1) is 14.4. The molecule has 5 rings (SSSR count). The van der Waals surface area contributed by atoms with E-state index in [-0.39, 0.29) is 0 Å². The lowest BCUT2D eigenvalue weighted by Gasteiger charge is -2.24. The minimum atomic E-state index is -1.84. The van der Waals surface area contributed by atoms with Crippen molar-refractivity contribution < 1.29 is 9.90 Å². The van der Waals surface area contributed by atoms with Gasteiger partial charge in [0.25, 0.3) is 5.91 Å². The topological polar surface area (TPSA) is 56.3 Å². The first kappa shape index (κ1) is 19.2. The molecule has 1 atom stereocenters. The number of amides is 1. The Labute approximate surface area is 183 Å². The number of benzene rings is 3. The first-order valence-electron chi connectivity index (χ1n) is 9.56. The third-order valence-corrected chi connectivity index (χ3v) is 6.19. The predicted octanol–water partition coefficient (Wildman–Crippen LogP) is 5.57. The molecule has 3 aromatic carbocycles. The number of fused-ring (bicyclic) bond motifs is 2. The molecule has 1 aliphatic heterocycles. The van der Waals surface area contributed by atoms with E-state index in [1.807, 2.05) is 43.3 Å². The second kappa shape index (κ2) is 6.88. The van der Waals surface area contributed by atoms with E-state index in [2.05, 4.69) is 4.98 Å². The molecule has 0 saturated carbocycles. The number of rotatable bonds is 3. The molecular weight excluding hydrogens is 419 g/mol. The summed E-state index contributed by atoms with van der Waals surface area (Å²) in [4.78, 5) is 18.6. The molecule has 150 valence electrons. The highest BCUT2D eigenvalue weighted by Crippen LogP contribution is 2.48. The number of H-pyrrole nitrogens is 1. The van der Waals surface area contributed by atoms with Gasteiger partial charge in [0, 0.05) is 37.8 Å². The fourth-order valence-corrected chi connectivity index (χ4v) is 4.67. The SMILES string of the molecule is Cc1[nH]c2ccccc2c1[C@]1(O)C(=O)N(Cc2ccc(Cl)cc2)c2ccc(Cl)cc21. The van der Waals surface area contributed by atoms with Gasteiger partial charge in [0.05, 0.1) is 12.2 Å². The van der Waals surface area contributed by atoms with Crippen LogP contribution in [0.2, 0.25) is 10.0 Å². The van der Waals surface area contributed by atoms with Crippen molar-refractivity contribution in [1.82, 2.24) is 4.98 Å². The molecule has 0 unspecified atom stereocenters. The summed E-state index contributed by atoms with van der Waals surface area (Å²) in [6.07, 6.45) is 0. The Kier molecular flexibility index (Phi) is 4.40. The summed E-state index contributed by atoms with van der Waals surface area (Å²) in [5.41, 5.74) is 2.38. The largest absolute Gasteiger partial charge is 0.372 e. The first-order valence-corrected chi connectivity index (χ1v) is 10.3. The zero-order chi connectivity index (χ0) is 21.0. The maximum Gasteiger partial charge on any atom is 0.268 e. The van der Waals surface area contributed by atoms with Gasteiger partial charge in [-0.1, -0.05) is 53.5 Å². The quantitative estimate of drug-likeness (QED) is 0.441. The van der Waals surface area contributed by atoms with E-state index in [1.165, 1.54) is 0 Å². The number of para-hydroxylation sites is 1. The molecule has 2 N–H and O–H groups in total. The molecule has 0 bridgehead atoms. The van der Waals surface area contributed by atoms with Crippen LogP contribution >= 0.6 is 23.2 Å². The lowest BCUT2D eigenvalue weighted by molar-refractivity contribution is -0.132. The van der Waals surface area contributed by atoms with Crippen molar-refractivity contribution in [3.05, 3.63) is 99.2 Å². The summed E-state index contributed by atoms with van der Waals surface area (Å²) >= 11 is 12.3. The Bertz CT molecular complexity index is 1300. The molecule has 0 aliphatic carbocycles. The molecular formula is C24H18Cl2N2O2. The van der Waals surface area contributed by atoms with Gasteiger partial charge in [0.1, 0.15) is 0 Å². The highest BCUT2D eigenvalue weighted by molar-refractivity contribution is 6.31. The van der Waals surface area contributed by atoms with E-state index < -0.39 is 11.5 Å². The third kappa shape index (κ3) is 2.76. The number of aryl methyl sites for hydroxylation is 1. The molecule has 4 aromatic rings. The Hall–Kier alpha value is -2.79. The van der Waals surface area contributed by atoms with Crippen LogP contribution in [-0.4, -0.2) is 16.0 Å². The number of aromatic amines is 1. The number of carbonyl (C=O) groups excluding carboxylic acids is 1. The Morgan fingerprint density at radius 2 is 1.70 bits per heavy atom. The van der Waals surface area contributed by atoms with Crippen LogP contribution in [0.15, 0.2) is 66.7 Å². The minimum absolute atomic E-state index is 0.314. The van der Waals surface area contributed by atoms with Gasteiger partial charge < -0.3 is 15.0 Å². The Balaban J connectivity index is 1.71. The summed E-state index contributed by atoms with van der Waals surface area (Å²) in [5.74, 6) is -0.400. The number of nitrogens with one attached hydrogen (secondary N) is 1. The predicted molar refractivity (Wildman–Crippen MR) is 120 cm³/mol. The second-order valence-corrected chi connectivity index (χ2v) is 8.43. The third-order valence-electron chi connectivity index (χ3n) is 5.70. The van der Waals surface area contributed by atoms with Crippen LogP contribution < -0.4 is 4.90 Å². The van der Waals surface area contributed by atoms with Gasteiger partial charge in [-0.2, -0.15) is 0 Å². The van der Waals surface area contributed by atoms with E-state index in [1.54, 1.807) is 35.2 Å². The summed E-state index contributed by atoms with van der Waals surface area (Å²) in [7, 11) is 0. The molecule has 1 aliphatic rings. The van der Waals surface area contributed by atoms with Gasteiger partial charge in [-0.25, -0.2) is 0 Å². The van der Waals surface area contributed by atoms with Crippen LogP contribution in [0.1, 0.15) is 22.4 Å². The second-order valence-electron chi connectivity index (χ2n) is 7.56. The van der Waals surface area contributed by atoms with Crippen LogP contribution in [0.3, 0.4) is 0 Å². The lowest BCUT2D eigenvalue weighted by atomic mass is 9.85. The van der Waals surface area contributed by atoms with Crippen LogP contribution in [0, 0.1) is 6.92 Å². The van der Waals surface area contributed by atoms with Crippen LogP contribution in [0.5, 0.6) is 0 Å². The maximum atomic E-state index is 13.8. The number of halogens is 2. The van der Waals surface area contributed by atoms with Crippen LogP contribution in [0.25, 0.3) is 10.9 Å². The minimum Gasteiger partial charge on any atom is -0.372 e. The smallest absolute Gasteiger partial charge is 0.268 e. The normalized spacial score (nSPS) is 18.3. The molecule has 0 radical (unpaired) electrons.